The number of nitrogen functional groups attached to an aromatic ring is 1. The fourth-order valence-electron chi connectivity index (χ4n) is 3.52. The summed E-state index contributed by atoms with van der Waals surface area (Å²) in [4.78, 5) is 11.3. The second-order valence-electron chi connectivity index (χ2n) is 7.23. The second-order valence-corrected chi connectivity index (χ2v) is 7.64. The molecule has 1 saturated heterocycles. The molecule has 0 radical (unpaired) electrons. The Hall–Kier alpha value is -2.68. The Morgan fingerprint density at radius 3 is 2.71 bits per heavy atom. The predicted molar refractivity (Wildman–Crippen MR) is 118 cm³/mol. The van der Waals surface area contributed by atoms with Gasteiger partial charge in [-0.1, -0.05) is 11.6 Å². The first-order valence-electron chi connectivity index (χ1n) is 10.1. The van der Waals surface area contributed by atoms with Crippen molar-refractivity contribution in [3.8, 4) is 22.9 Å². The third-order valence-electron chi connectivity index (χ3n) is 5.16. The molecule has 1 aromatic heterocycles. The largest absolute Gasteiger partial charge is 0.493 e. The SMILES string of the molecule is COc1cc2nc(-c3ccc(F)cc3Cl)nc(N)c2cc1OCCCN1CCOCC1. The van der Waals surface area contributed by atoms with E-state index in [2.05, 4.69) is 14.9 Å². The van der Waals surface area contributed by atoms with Gasteiger partial charge in [0, 0.05) is 36.7 Å². The van der Waals surface area contributed by atoms with Crippen LogP contribution < -0.4 is 15.2 Å². The van der Waals surface area contributed by atoms with Crippen molar-refractivity contribution in [3.63, 3.8) is 0 Å². The number of nitrogens with zero attached hydrogens (tertiary/aromatic N) is 3. The molecule has 164 valence electrons. The van der Waals surface area contributed by atoms with Crippen molar-refractivity contribution in [2.45, 2.75) is 6.42 Å². The van der Waals surface area contributed by atoms with Gasteiger partial charge >= 0.3 is 0 Å². The average molecular weight is 447 g/mol. The Morgan fingerprint density at radius 1 is 1.16 bits per heavy atom. The molecule has 2 N–H and O–H groups in total. The number of aromatic nitrogens is 2. The molecule has 4 rings (SSSR count). The molecule has 2 heterocycles. The van der Waals surface area contributed by atoms with Crippen molar-refractivity contribution in [1.29, 1.82) is 0 Å². The van der Waals surface area contributed by atoms with E-state index in [9.17, 15) is 4.39 Å². The molecule has 0 atom stereocenters. The summed E-state index contributed by atoms with van der Waals surface area (Å²) in [6.45, 7) is 4.96. The Bertz CT molecular complexity index is 1080. The first-order chi connectivity index (χ1) is 15.0. The van der Waals surface area contributed by atoms with Crippen LogP contribution in [0.1, 0.15) is 6.42 Å². The van der Waals surface area contributed by atoms with Gasteiger partial charge in [0.2, 0.25) is 0 Å². The number of nitrogens with two attached hydrogens (primary N) is 1. The lowest BCUT2D eigenvalue weighted by atomic mass is 10.1. The maximum absolute atomic E-state index is 13.4. The fourth-order valence-corrected chi connectivity index (χ4v) is 3.77. The van der Waals surface area contributed by atoms with E-state index < -0.39 is 5.82 Å². The summed E-state index contributed by atoms with van der Waals surface area (Å²) >= 11 is 6.16. The number of fused-ring (bicyclic) bond motifs is 1. The van der Waals surface area contributed by atoms with Gasteiger partial charge in [-0.2, -0.15) is 0 Å². The number of hydrogen-bond donors (Lipinski definition) is 1. The van der Waals surface area contributed by atoms with E-state index in [1.165, 1.54) is 18.2 Å². The van der Waals surface area contributed by atoms with Crippen molar-refractivity contribution in [1.82, 2.24) is 14.9 Å². The summed E-state index contributed by atoms with van der Waals surface area (Å²) in [5, 5.41) is 0.858. The normalized spacial score (nSPS) is 14.7. The quantitative estimate of drug-likeness (QED) is 0.553. The van der Waals surface area contributed by atoms with Gasteiger partial charge in [-0.25, -0.2) is 14.4 Å². The first-order valence-corrected chi connectivity index (χ1v) is 10.5. The molecule has 1 aliphatic rings. The Labute approximate surface area is 184 Å². The van der Waals surface area contributed by atoms with Gasteiger partial charge in [0.1, 0.15) is 11.6 Å². The van der Waals surface area contributed by atoms with Gasteiger partial charge in [0.15, 0.2) is 17.3 Å². The molecule has 0 unspecified atom stereocenters. The summed E-state index contributed by atoms with van der Waals surface area (Å²) in [7, 11) is 1.57. The highest BCUT2D eigenvalue weighted by atomic mass is 35.5. The fraction of sp³-hybridized carbons (Fsp3) is 0.364. The van der Waals surface area contributed by atoms with Crippen LogP contribution in [0, 0.1) is 5.82 Å². The molecule has 0 bridgehead atoms. The Kier molecular flexibility index (Phi) is 6.70. The van der Waals surface area contributed by atoms with Gasteiger partial charge in [-0.15, -0.1) is 0 Å². The van der Waals surface area contributed by atoms with Crippen molar-refractivity contribution in [3.05, 3.63) is 41.2 Å². The molecule has 1 aliphatic heterocycles. The van der Waals surface area contributed by atoms with E-state index in [0.29, 0.717) is 40.4 Å². The van der Waals surface area contributed by atoms with Gasteiger partial charge in [-0.3, -0.25) is 4.90 Å². The summed E-state index contributed by atoms with van der Waals surface area (Å²) in [5.74, 6) is 1.30. The van der Waals surface area contributed by atoms with Crippen molar-refractivity contribution >= 4 is 28.3 Å². The van der Waals surface area contributed by atoms with E-state index in [1.807, 2.05) is 0 Å². The zero-order valence-corrected chi connectivity index (χ0v) is 18.0. The number of rotatable bonds is 7. The average Bonchev–Trinajstić information content (AvgIpc) is 2.77. The van der Waals surface area contributed by atoms with Gasteiger partial charge in [0.25, 0.3) is 0 Å². The van der Waals surface area contributed by atoms with Crippen molar-refractivity contribution in [2.24, 2.45) is 0 Å². The number of benzene rings is 2. The van der Waals surface area contributed by atoms with Crippen LogP contribution in [0.3, 0.4) is 0 Å². The molecule has 31 heavy (non-hydrogen) atoms. The van der Waals surface area contributed by atoms with Crippen LogP contribution in [-0.2, 0) is 4.74 Å². The molecule has 0 amide bonds. The smallest absolute Gasteiger partial charge is 0.163 e. The standard InChI is InChI=1S/C22H24ClFN4O3/c1-29-19-13-18-16(12-20(19)31-8-2-5-28-6-9-30-10-7-28)21(25)27-22(26-18)15-4-3-14(24)11-17(15)23/h3-4,11-13H,2,5-10H2,1H3,(H2,25,26,27). The molecule has 3 aromatic rings. The van der Waals surface area contributed by atoms with Crippen molar-refractivity contribution < 1.29 is 18.6 Å². The molecular formula is C22H24ClFN4O3. The summed E-state index contributed by atoms with van der Waals surface area (Å²) in [6, 6.07) is 7.59. The minimum absolute atomic E-state index is 0.214. The van der Waals surface area contributed by atoms with Crippen molar-refractivity contribution in [2.75, 3.05) is 52.3 Å². The summed E-state index contributed by atoms with van der Waals surface area (Å²) in [5.41, 5.74) is 7.29. The molecule has 0 spiro atoms. The highest BCUT2D eigenvalue weighted by molar-refractivity contribution is 6.33. The van der Waals surface area contributed by atoms with E-state index in [0.717, 1.165) is 39.3 Å². The van der Waals surface area contributed by atoms with Gasteiger partial charge in [-0.05, 0) is 30.7 Å². The lowest BCUT2D eigenvalue weighted by molar-refractivity contribution is 0.0357. The maximum atomic E-state index is 13.4. The van der Waals surface area contributed by atoms with E-state index >= 15 is 0 Å². The minimum atomic E-state index is -0.431. The lowest BCUT2D eigenvalue weighted by Crippen LogP contribution is -2.37. The molecule has 0 saturated carbocycles. The second kappa shape index (κ2) is 9.64. The number of halogens is 2. The highest BCUT2D eigenvalue weighted by Crippen LogP contribution is 2.35. The van der Waals surface area contributed by atoms with E-state index in [-0.39, 0.29) is 10.8 Å². The predicted octanol–water partition coefficient (Wildman–Crippen LogP) is 3.78. The van der Waals surface area contributed by atoms with E-state index in [1.54, 1.807) is 19.2 Å². The first kappa shape index (κ1) is 21.5. The number of hydrogen-bond acceptors (Lipinski definition) is 7. The van der Waals surface area contributed by atoms with Crippen LogP contribution in [-0.4, -0.2) is 61.4 Å². The molecule has 0 aliphatic carbocycles. The molecular weight excluding hydrogens is 423 g/mol. The van der Waals surface area contributed by atoms with Crippen LogP contribution in [0.5, 0.6) is 11.5 Å². The monoisotopic (exact) mass is 446 g/mol. The lowest BCUT2D eigenvalue weighted by Gasteiger charge is -2.26. The minimum Gasteiger partial charge on any atom is -0.493 e. The van der Waals surface area contributed by atoms with Crippen LogP contribution in [0.4, 0.5) is 10.2 Å². The molecule has 7 nitrogen and oxygen atoms in total. The highest BCUT2D eigenvalue weighted by Gasteiger charge is 2.15. The molecule has 1 fully saturated rings. The summed E-state index contributed by atoms with van der Waals surface area (Å²) < 4.78 is 30.2. The topological polar surface area (TPSA) is 82.7 Å². The van der Waals surface area contributed by atoms with Gasteiger partial charge < -0.3 is 19.9 Å². The summed E-state index contributed by atoms with van der Waals surface area (Å²) in [6.07, 6.45) is 0.884. The maximum Gasteiger partial charge on any atom is 0.163 e. The number of anilines is 1. The van der Waals surface area contributed by atoms with Crippen LogP contribution in [0.2, 0.25) is 5.02 Å². The van der Waals surface area contributed by atoms with Crippen LogP contribution in [0.15, 0.2) is 30.3 Å². The number of morpholine rings is 1. The zero-order chi connectivity index (χ0) is 21.8. The number of ether oxygens (including phenoxy) is 3. The zero-order valence-electron chi connectivity index (χ0n) is 17.2. The van der Waals surface area contributed by atoms with Gasteiger partial charge in [0.05, 0.1) is 37.5 Å². The van der Waals surface area contributed by atoms with Crippen LogP contribution >= 0.6 is 11.6 Å². The third kappa shape index (κ3) is 4.98. The number of methoxy groups -OCH3 is 1. The molecule has 9 heteroatoms. The van der Waals surface area contributed by atoms with Crippen LogP contribution in [0.25, 0.3) is 22.3 Å². The molecule has 2 aromatic carbocycles. The Morgan fingerprint density at radius 2 is 1.97 bits per heavy atom. The Balaban J connectivity index is 1.54. The van der Waals surface area contributed by atoms with E-state index in [4.69, 9.17) is 31.5 Å². The third-order valence-corrected chi connectivity index (χ3v) is 5.48.